The van der Waals surface area contributed by atoms with Gasteiger partial charge in [-0.2, -0.15) is 0 Å². The zero-order valence-electron chi connectivity index (χ0n) is 11.4. The standard InChI is InChI=1S/C16H18FNO2/c1-20-16-10-13(5-6-15(16)19)11-18-8-7-12-3-2-4-14(17)9-12/h2-6,9-10,18-19H,7-8,11H2,1H3. The molecule has 0 bridgehead atoms. The zero-order valence-corrected chi connectivity index (χ0v) is 11.4. The first-order valence-corrected chi connectivity index (χ1v) is 6.50. The molecule has 2 aromatic carbocycles. The molecule has 0 saturated heterocycles. The summed E-state index contributed by atoms with van der Waals surface area (Å²) < 4.78 is 18.1. The highest BCUT2D eigenvalue weighted by Crippen LogP contribution is 2.26. The lowest BCUT2D eigenvalue weighted by Gasteiger charge is -2.08. The van der Waals surface area contributed by atoms with E-state index in [0.29, 0.717) is 12.3 Å². The van der Waals surface area contributed by atoms with Crippen LogP contribution in [0.1, 0.15) is 11.1 Å². The quantitative estimate of drug-likeness (QED) is 0.797. The first kappa shape index (κ1) is 14.3. The van der Waals surface area contributed by atoms with E-state index >= 15 is 0 Å². The van der Waals surface area contributed by atoms with E-state index in [9.17, 15) is 9.50 Å². The number of benzene rings is 2. The van der Waals surface area contributed by atoms with E-state index in [-0.39, 0.29) is 11.6 Å². The molecule has 0 aliphatic heterocycles. The number of rotatable bonds is 6. The van der Waals surface area contributed by atoms with Gasteiger partial charge >= 0.3 is 0 Å². The number of hydrogen-bond donors (Lipinski definition) is 2. The molecule has 0 fully saturated rings. The number of methoxy groups -OCH3 is 1. The van der Waals surface area contributed by atoms with Gasteiger partial charge in [-0.15, -0.1) is 0 Å². The molecular weight excluding hydrogens is 257 g/mol. The third-order valence-electron chi connectivity index (χ3n) is 3.05. The van der Waals surface area contributed by atoms with Crippen LogP contribution in [-0.2, 0) is 13.0 Å². The van der Waals surface area contributed by atoms with Crippen molar-refractivity contribution < 1.29 is 14.2 Å². The average molecular weight is 275 g/mol. The molecule has 20 heavy (non-hydrogen) atoms. The molecule has 0 amide bonds. The summed E-state index contributed by atoms with van der Waals surface area (Å²) in [5.41, 5.74) is 2.00. The fourth-order valence-electron chi connectivity index (χ4n) is 1.99. The summed E-state index contributed by atoms with van der Waals surface area (Å²) in [5, 5.41) is 12.8. The predicted octanol–water partition coefficient (Wildman–Crippen LogP) is 2.87. The number of phenols is 1. The largest absolute Gasteiger partial charge is 0.504 e. The Morgan fingerprint density at radius 3 is 2.75 bits per heavy atom. The minimum atomic E-state index is -0.203. The highest BCUT2D eigenvalue weighted by Gasteiger charge is 2.02. The molecule has 2 aromatic rings. The number of nitrogens with one attached hydrogen (secondary N) is 1. The minimum absolute atomic E-state index is 0.135. The minimum Gasteiger partial charge on any atom is -0.504 e. The first-order chi connectivity index (χ1) is 9.69. The van der Waals surface area contributed by atoms with E-state index in [4.69, 9.17) is 4.74 Å². The molecule has 0 spiro atoms. The first-order valence-electron chi connectivity index (χ1n) is 6.50. The van der Waals surface area contributed by atoms with E-state index < -0.39 is 0 Å². The van der Waals surface area contributed by atoms with Gasteiger partial charge in [-0.1, -0.05) is 18.2 Å². The number of aromatic hydroxyl groups is 1. The predicted molar refractivity (Wildman–Crippen MR) is 76.5 cm³/mol. The zero-order chi connectivity index (χ0) is 14.4. The van der Waals surface area contributed by atoms with Crippen LogP contribution in [0.3, 0.4) is 0 Å². The summed E-state index contributed by atoms with van der Waals surface area (Å²) in [6.45, 7) is 1.43. The summed E-state index contributed by atoms with van der Waals surface area (Å²) in [4.78, 5) is 0. The van der Waals surface area contributed by atoms with Crippen molar-refractivity contribution in [3.05, 3.63) is 59.4 Å². The van der Waals surface area contributed by atoms with Gasteiger partial charge in [0.1, 0.15) is 5.82 Å². The Balaban J connectivity index is 1.81. The molecule has 0 saturated carbocycles. The molecule has 2 rings (SSSR count). The van der Waals surface area contributed by atoms with Gasteiger partial charge in [0.05, 0.1) is 7.11 Å². The van der Waals surface area contributed by atoms with Crippen molar-refractivity contribution in [1.82, 2.24) is 5.32 Å². The Labute approximate surface area is 118 Å². The van der Waals surface area contributed by atoms with Crippen molar-refractivity contribution in [2.75, 3.05) is 13.7 Å². The molecule has 0 aromatic heterocycles. The van der Waals surface area contributed by atoms with Crippen LogP contribution in [0.5, 0.6) is 11.5 Å². The van der Waals surface area contributed by atoms with E-state index in [1.807, 2.05) is 12.1 Å². The maximum atomic E-state index is 13.0. The molecule has 0 heterocycles. The Morgan fingerprint density at radius 1 is 1.15 bits per heavy atom. The van der Waals surface area contributed by atoms with Gasteiger partial charge in [-0.25, -0.2) is 4.39 Å². The lowest BCUT2D eigenvalue weighted by molar-refractivity contribution is 0.373. The van der Waals surface area contributed by atoms with Crippen LogP contribution in [0, 0.1) is 5.82 Å². The highest BCUT2D eigenvalue weighted by atomic mass is 19.1. The maximum absolute atomic E-state index is 13.0. The molecule has 0 unspecified atom stereocenters. The van der Waals surface area contributed by atoms with Gasteiger partial charge < -0.3 is 15.2 Å². The van der Waals surface area contributed by atoms with Crippen LogP contribution in [0.4, 0.5) is 4.39 Å². The van der Waals surface area contributed by atoms with Crippen LogP contribution in [0.25, 0.3) is 0 Å². The second-order valence-corrected chi connectivity index (χ2v) is 4.56. The third kappa shape index (κ3) is 3.96. The monoisotopic (exact) mass is 275 g/mol. The van der Waals surface area contributed by atoms with Crippen LogP contribution in [0.2, 0.25) is 0 Å². The Morgan fingerprint density at radius 2 is 2.00 bits per heavy atom. The van der Waals surface area contributed by atoms with E-state index in [1.54, 1.807) is 24.3 Å². The van der Waals surface area contributed by atoms with Gasteiger partial charge in [0, 0.05) is 6.54 Å². The Hall–Kier alpha value is -2.07. The molecule has 0 aliphatic carbocycles. The average Bonchev–Trinajstić information content (AvgIpc) is 2.45. The normalized spacial score (nSPS) is 10.5. The topological polar surface area (TPSA) is 41.5 Å². The highest BCUT2D eigenvalue weighted by molar-refractivity contribution is 5.41. The maximum Gasteiger partial charge on any atom is 0.160 e. The molecule has 4 heteroatoms. The van der Waals surface area contributed by atoms with E-state index in [1.165, 1.54) is 13.2 Å². The lowest BCUT2D eigenvalue weighted by Crippen LogP contribution is -2.16. The molecule has 0 radical (unpaired) electrons. The Bertz CT molecular complexity index is 572. The van der Waals surface area contributed by atoms with Gasteiger partial charge in [0.25, 0.3) is 0 Å². The van der Waals surface area contributed by atoms with Crippen LogP contribution >= 0.6 is 0 Å². The summed E-state index contributed by atoms with van der Waals surface area (Å²) in [6, 6.07) is 11.9. The fourth-order valence-corrected chi connectivity index (χ4v) is 1.99. The lowest BCUT2D eigenvalue weighted by atomic mass is 10.1. The van der Waals surface area contributed by atoms with Crippen LogP contribution in [0.15, 0.2) is 42.5 Å². The van der Waals surface area contributed by atoms with Gasteiger partial charge in [-0.3, -0.25) is 0 Å². The smallest absolute Gasteiger partial charge is 0.160 e. The summed E-state index contributed by atoms with van der Waals surface area (Å²) in [6.07, 6.45) is 0.771. The molecule has 2 N–H and O–H groups in total. The second-order valence-electron chi connectivity index (χ2n) is 4.56. The third-order valence-corrected chi connectivity index (χ3v) is 3.05. The van der Waals surface area contributed by atoms with Crippen molar-refractivity contribution >= 4 is 0 Å². The fraction of sp³-hybridized carbons (Fsp3) is 0.250. The summed E-state index contributed by atoms with van der Waals surface area (Å²) in [5.74, 6) is 0.399. The number of hydrogen-bond acceptors (Lipinski definition) is 3. The van der Waals surface area contributed by atoms with Gasteiger partial charge in [0.2, 0.25) is 0 Å². The van der Waals surface area contributed by atoms with E-state index in [0.717, 1.165) is 24.1 Å². The van der Waals surface area contributed by atoms with Gasteiger partial charge in [0.15, 0.2) is 11.5 Å². The van der Waals surface area contributed by atoms with Crippen molar-refractivity contribution in [3.63, 3.8) is 0 Å². The number of phenolic OH excluding ortho intramolecular Hbond substituents is 1. The van der Waals surface area contributed by atoms with E-state index in [2.05, 4.69) is 5.32 Å². The van der Waals surface area contributed by atoms with Crippen molar-refractivity contribution in [2.24, 2.45) is 0 Å². The van der Waals surface area contributed by atoms with Crippen molar-refractivity contribution in [3.8, 4) is 11.5 Å². The second kappa shape index (κ2) is 6.91. The SMILES string of the molecule is COc1cc(CNCCc2cccc(F)c2)ccc1O. The van der Waals surface area contributed by atoms with Crippen LogP contribution in [-0.4, -0.2) is 18.8 Å². The molecule has 3 nitrogen and oxygen atoms in total. The molecular formula is C16H18FNO2. The number of halogens is 1. The van der Waals surface area contributed by atoms with Crippen molar-refractivity contribution in [2.45, 2.75) is 13.0 Å². The summed E-state index contributed by atoms with van der Waals surface area (Å²) >= 11 is 0. The Kier molecular flexibility index (Phi) is 4.96. The van der Waals surface area contributed by atoms with Crippen molar-refractivity contribution in [1.29, 1.82) is 0 Å². The molecule has 0 atom stereocenters. The summed E-state index contributed by atoms with van der Waals surface area (Å²) in [7, 11) is 1.52. The molecule has 106 valence electrons. The van der Waals surface area contributed by atoms with Gasteiger partial charge in [-0.05, 0) is 48.4 Å². The number of ether oxygens (including phenoxy) is 1. The molecule has 0 aliphatic rings. The van der Waals surface area contributed by atoms with Crippen LogP contribution < -0.4 is 10.1 Å².